The largest absolute Gasteiger partial charge is 0.384 e. The fourth-order valence-corrected chi connectivity index (χ4v) is 2.60. The van der Waals surface area contributed by atoms with Crippen molar-refractivity contribution in [1.29, 1.82) is 0 Å². The van der Waals surface area contributed by atoms with Gasteiger partial charge in [0, 0.05) is 12.6 Å². The van der Waals surface area contributed by atoms with Gasteiger partial charge in [0.2, 0.25) is 0 Å². The van der Waals surface area contributed by atoms with E-state index < -0.39 is 0 Å². The van der Waals surface area contributed by atoms with E-state index in [0.717, 1.165) is 12.4 Å². The molecular weight excluding hydrogens is 198 g/mol. The Bertz CT molecular complexity index is 332. The minimum Gasteiger partial charge on any atom is -0.384 e. The monoisotopic (exact) mass is 219 g/mol. The fraction of sp³-hybridized carbons (Fsp3) is 0.615. The first-order valence-electron chi connectivity index (χ1n) is 6.30. The number of hydrogen-bond donors (Lipinski definition) is 1. The molecule has 0 bridgehead atoms. The molecule has 0 atom stereocenters. The number of pyridine rings is 1. The lowest BCUT2D eigenvalue weighted by Gasteiger charge is -2.34. The Hall–Kier alpha value is -1.25. The minimum absolute atomic E-state index is 0.617. The van der Waals surface area contributed by atoms with Gasteiger partial charge in [-0.1, -0.05) is 25.3 Å². The van der Waals surface area contributed by atoms with E-state index in [1.165, 1.54) is 32.1 Å². The number of anilines is 2. The number of nitrogens with zero attached hydrogens (tertiary/aromatic N) is 2. The van der Waals surface area contributed by atoms with Crippen LogP contribution >= 0.6 is 0 Å². The topological polar surface area (TPSA) is 42.1 Å². The zero-order valence-electron chi connectivity index (χ0n) is 10.0. The molecule has 1 aliphatic rings. The Morgan fingerprint density at radius 3 is 2.69 bits per heavy atom. The Labute approximate surface area is 97.7 Å². The summed E-state index contributed by atoms with van der Waals surface area (Å²) < 4.78 is 0. The van der Waals surface area contributed by atoms with Crippen LogP contribution in [0.2, 0.25) is 0 Å². The Kier molecular flexibility index (Phi) is 3.65. The van der Waals surface area contributed by atoms with Crippen molar-refractivity contribution in [3.8, 4) is 0 Å². The van der Waals surface area contributed by atoms with Gasteiger partial charge in [0.15, 0.2) is 0 Å². The molecular formula is C13H21N3. The van der Waals surface area contributed by atoms with Crippen molar-refractivity contribution >= 4 is 11.6 Å². The average molecular weight is 219 g/mol. The van der Waals surface area contributed by atoms with Gasteiger partial charge in [-0.05, 0) is 31.9 Å². The first kappa shape index (κ1) is 11.2. The molecule has 0 amide bonds. The number of nitrogens with two attached hydrogens (primary N) is 1. The van der Waals surface area contributed by atoms with Gasteiger partial charge < -0.3 is 10.6 Å². The second-order valence-electron chi connectivity index (χ2n) is 4.50. The summed E-state index contributed by atoms with van der Waals surface area (Å²) >= 11 is 0. The molecule has 0 spiro atoms. The van der Waals surface area contributed by atoms with Gasteiger partial charge in [-0.2, -0.15) is 0 Å². The molecule has 0 radical (unpaired) electrons. The van der Waals surface area contributed by atoms with E-state index in [9.17, 15) is 0 Å². The highest BCUT2D eigenvalue weighted by Gasteiger charge is 2.20. The van der Waals surface area contributed by atoms with Crippen LogP contribution < -0.4 is 10.6 Å². The van der Waals surface area contributed by atoms with Crippen LogP contribution in [-0.4, -0.2) is 17.6 Å². The lowest BCUT2D eigenvalue weighted by Crippen LogP contribution is -2.37. The van der Waals surface area contributed by atoms with Crippen molar-refractivity contribution in [1.82, 2.24) is 4.98 Å². The van der Waals surface area contributed by atoms with E-state index in [1.807, 2.05) is 12.1 Å². The molecule has 16 heavy (non-hydrogen) atoms. The molecule has 1 aromatic heterocycles. The molecule has 3 nitrogen and oxygen atoms in total. The molecule has 1 aliphatic carbocycles. The van der Waals surface area contributed by atoms with E-state index >= 15 is 0 Å². The van der Waals surface area contributed by atoms with Gasteiger partial charge in [0.1, 0.15) is 11.6 Å². The normalized spacial score (nSPS) is 17.3. The molecule has 1 saturated carbocycles. The maximum atomic E-state index is 5.74. The third-order valence-corrected chi connectivity index (χ3v) is 3.41. The highest BCUT2D eigenvalue weighted by atomic mass is 15.2. The Morgan fingerprint density at radius 1 is 1.31 bits per heavy atom. The van der Waals surface area contributed by atoms with Crippen molar-refractivity contribution in [2.45, 2.75) is 45.1 Å². The van der Waals surface area contributed by atoms with Crippen LogP contribution in [0.3, 0.4) is 0 Å². The molecule has 1 heterocycles. The molecule has 1 aromatic rings. The smallest absolute Gasteiger partial charge is 0.131 e. The second-order valence-corrected chi connectivity index (χ2v) is 4.50. The highest BCUT2D eigenvalue weighted by molar-refractivity contribution is 5.45. The zero-order valence-corrected chi connectivity index (χ0v) is 10.0. The van der Waals surface area contributed by atoms with Gasteiger partial charge in [0.05, 0.1) is 0 Å². The fourth-order valence-electron chi connectivity index (χ4n) is 2.60. The van der Waals surface area contributed by atoms with Gasteiger partial charge >= 0.3 is 0 Å². The minimum atomic E-state index is 0.617. The van der Waals surface area contributed by atoms with Crippen molar-refractivity contribution in [2.24, 2.45) is 0 Å². The van der Waals surface area contributed by atoms with Crippen LogP contribution in [0.5, 0.6) is 0 Å². The Balaban J connectivity index is 2.14. The summed E-state index contributed by atoms with van der Waals surface area (Å²) in [4.78, 5) is 6.82. The maximum absolute atomic E-state index is 5.74. The lowest BCUT2D eigenvalue weighted by atomic mass is 9.94. The van der Waals surface area contributed by atoms with Crippen LogP contribution in [-0.2, 0) is 0 Å². The van der Waals surface area contributed by atoms with Crippen LogP contribution in [0.4, 0.5) is 11.6 Å². The van der Waals surface area contributed by atoms with Gasteiger partial charge in [-0.25, -0.2) is 4.98 Å². The van der Waals surface area contributed by atoms with Crippen LogP contribution in [0, 0.1) is 0 Å². The predicted molar refractivity (Wildman–Crippen MR) is 68.5 cm³/mol. The van der Waals surface area contributed by atoms with Crippen molar-refractivity contribution in [2.75, 3.05) is 17.2 Å². The molecule has 88 valence electrons. The van der Waals surface area contributed by atoms with Crippen molar-refractivity contribution in [3.05, 3.63) is 18.2 Å². The summed E-state index contributed by atoms with van der Waals surface area (Å²) in [6, 6.07) is 6.56. The van der Waals surface area contributed by atoms with Gasteiger partial charge in [0.25, 0.3) is 0 Å². The zero-order chi connectivity index (χ0) is 11.4. The van der Waals surface area contributed by atoms with Crippen molar-refractivity contribution in [3.63, 3.8) is 0 Å². The second kappa shape index (κ2) is 5.19. The quantitative estimate of drug-likeness (QED) is 0.850. The summed E-state index contributed by atoms with van der Waals surface area (Å²) in [6.45, 7) is 3.21. The predicted octanol–water partition coefficient (Wildman–Crippen LogP) is 2.82. The summed E-state index contributed by atoms with van der Waals surface area (Å²) in [7, 11) is 0. The molecule has 2 N–H and O–H groups in total. The first-order chi connectivity index (χ1) is 7.81. The summed E-state index contributed by atoms with van der Waals surface area (Å²) in [6.07, 6.45) is 6.68. The highest BCUT2D eigenvalue weighted by Crippen LogP contribution is 2.26. The molecule has 0 unspecified atom stereocenters. The van der Waals surface area contributed by atoms with Crippen LogP contribution in [0.1, 0.15) is 39.0 Å². The van der Waals surface area contributed by atoms with Gasteiger partial charge in [-0.15, -0.1) is 0 Å². The van der Waals surface area contributed by atoms with E-state index in [-0.39, 0.29) is 0 Å². The summed E-state index contributed by atoms with van der Waals surface area (Å²) in [5.74, 6) is 1.65. The summed E-state index contributed by atoms with van der Waals surface area (Å²) in [5.41, 5.74) is 5.74. The third kappa shape index (κ3) is 2.46. The number of rotatable bonds is 3. The van der Waals surface area contributed by atoms with E-state index in [2.05, 4.69) is 22.9 Å². The molecule has 1 fully saturated rings. The van der Waals surface area contributed by atoms with Crippen LogP contribution in [0.25, 0.3) is 0 Å². The SMILES string of the molecule is CCN(c1cccc(N)n1)C1CCCCC1. The molecule has 0 saturated heterocycles. The standard InChI is InChI=1S/C13H21N3/c1-2-16(11-7-4-3-5-8-11)13-10-6-9-12(14)15-13/h6,9-11H,2-5,7-8H2,1H3,(H2,14,15). The summed E-state index contributed by atoms with van der Waals surface area (Å²) in [5, 5.41) is 0. The number of aromatic nitrogens is 1. The third-order valence-electron chi connectivity index (χ3n) is 3.41. The van der Waals surface area contributed by atoms with Crippen LogP contribution in [0.15, 0.2) is 18.2 Å². The molecule has 3 heteroatoms. The van der Waals surface area contributed by atoms with Gasteiger partial charge in [-0.3, -0.25) is 0 Å². The first-order valence-corrected chi connectivity index (χ1v) is 6.30. The lowest BCUT2D eigenvalue weighted by molar-refractivity contribution is 0.416. The maximum Gasteiger partial charge on any atom is 0.131 e. The van der Waals surface area contributed by atoms with E-state index in [0.29, 0.717) is 11.9 Å². The Morgan fingerprint density at radius 2 is 2.06 bits per heavy atom. The van der Waals surface area contributed by atoms with Crippen molar-refractivity contribution < 1.29 is 0 Å². The van der Waals surface area contributed by atoms with E-state index in [1.54, 1.807) is 0 Å². The molecule has 0 aliphatic heterocycles. The molecule has 0 aromatic carbocycles. The van der Waals surface area contributed by atoms with E-state index in [4.69, 9.17) is 5.73 Å². The average Bonchev–Trinajstić information content (AvgIpc) is 2.31. The number of nitrogen functional groups attached to an aromatic ring is 1. The number of hydrogen-bond acceptors (Lipinski definition) is 3. The molecule has 2 rings (SSSR count).